The largest absolute Gasteiger partial charge is 0.223 e. The van der Waals surface area contributed by atoms with Crippen LogP contribution in [0.3, 0.4) is 0 Å². The van der Waals surface area contributed by atoms with Crippen molar-refractivity contribution in [2.24, 2.45) is 0 Å². The molecule has 0 atom stereocenters. The number of hydrogen-bond donors (Lipinski definition) is 0. The van der Waals surface area contributed by atoms with Gasteiger partial charge in [0.15, 0.2) is 9.84 Å². The molecular weight excluding hydrogens is 306 g/mol. The molecule has 0 aromatic heterocycles. The third kappa shape index (κ3) is 3.46. The molecule has 23 heavy (non-hydrogen) atoms. The van der Waals surface area contributed by atoms with E-state index in [-0.39, 0.29) is 4.91 Å². The maximum Gasteiger partial charge on any atom is 0.185 e. The first-order valence-electron chi connectivity index (χ1n) is 7.51. The average Bonchev–Trinajstić information content (AvgIpc) is 2.62. The van der Waals surface area contributed by atoms with Crippen LogP contribution < -0.4 is 0 Å². The van der Waals surface area contributed by atoms with Gasteiger partial charge in [-0.3, -0.25) is 0 Å². The number of allylic oxidation sites excluding steroid dienone is 1. The third-order valence-corrected chi connectivity index (χ3v) is 5.06. The Morgan fingerprint density at radius 1 is 1.17 bits per heavy atom. The van der Waals surface area contributed by atoms with Gasteiger partial charge in [0, 0.05) is 6.26 Å². The molecule has 0 N–H and O–H groups in total. The molecule has 2 aliphatic carbocycles. The summed E-state index contributed by atoms with van der Waals surface area (Å²) >= 11 is 0. The number of fused-ring (bicyclic) bond motifs is 1. The van der Waals surface area contributed by atoms with Crippen molar-refractivity contribution < 1.29 is 8.42 Å². The fourth-order valence-electron chi connectivity index (χ4n) is 2.72. The van der Waals surface area contributed by atoms with Crippen molar-refractivity contribution in [1.29, 1.82) is 5.26 Å². The normalized spacial score (nSPS) is 12.7. The minimum absolute atomic E-state index is 0.209. The van der Waals surface area contributed by atoms with Crippen LogP contribution in [-0.2, 0) is 9.84 Å². The summed E-state index contributed by atoms with van der Waals surface area (Å²) in [7, 11) is -3.52. The zero-order chi connectivity index (χ0) is 17.4. The zero-order valence-corrected chi connectivity index (χ0v) is 15.0. The first-order valence-corrected chi connectivity index (χ1v) is 9.40. The highest BCUT2D eigenvalue weighted by Gasteiger charge is 2.18. The first kappa shape index (κ1) is 17.2. The molecule has 0 radical (unpaired) electrons. The van der Waals surface area contributed by atoms with Gasteiger partial charge >= 0.3 is 0 Å². The Kier molecular flexibility index (Phi) is 4.63. The Morgan fingerprint density at radius 2 is 1.83 bits per heavy atom. The summed E-state index contributed by atoms with van der Waals surface area (Å²) in [5.41, 5.74) is 6.27. The Morgan fingerprint density at radius 3 is 2.35 bits per heavy atom. The maximum absolute atomic E-state index is 11.7. The molecule has 0 fully saturated rings. The SMILES string of the molecule is Cc1cc(C=C(C#N)S(C)(=O)=O)c2c(C)ccc(C(C)C)cc1-2. The predicted octanol–water partition coefficient (Wildman–Crippen LogP) is 4.44. The van der Waals surface area contributed by atoms with Crippen LogP contribution in [0, 0.1) is 25.2 Å². The molecule has 0 saturated carbocycles. The van der Waals surface area contributed by atoms with Gasteiger partial charge in [-0.05, 0) is 59.2 Å². The zero-order valence-electron chi connectivity index (χ0n) is 14.1. The minimum atomic E-state index is -3.52. The number of nitrogens with zero attached hydrogens (tertiary/aromatic N) is 1. The molecule has 0 unspecified atom stereocenters. The summed E-state index contributed by atoms with van der Waals surface area (Å²) in [5.74, 6) is 0.406. The fourth-order valence-corrected chi connectivity index (χ4v) is 3.22. The lowest BCUT2D eigenvalue weighted by molar-refractivity contribution is 0.609. The topological polar surface area (TPSA) is 57.9 Å². The molecule has 0 aliphatic heterocycles. The van der Waals surface area contributed by atoms with Crippen LogP contribution >= 0.6 is 0 Å². The molecular formula is C19H21NO2S. The molecule has 0 saturated heterocycles. The number of hydrogen-bond acceptors (Lipinski definition) is 3. The Bertz CT molecular complexity index is 900. The second-order valence-electron chi connectivity index (χ2n) is 6.28. The summed E-state index contributed by atoms with van der Waals surface area (Å²) in [6, 6.07) is 10.1. The van der Waals surface area contributed by atoms with Crippen LogP contribution in [0.15, 0.2) is 29.2 Å². The Labute approximate surface area is 138 Å². The molecule has 0 bridgehead atoms. The van der Waals surface area contributed by atoms with Crippen LogP contribution in [0.25, 0.3) is 17.2 Å². The molecule has 0 spiro atoms. The van der Waals surface area contributed by atoms with Crippen LogP contribution in [0.2, 0.25) is 0 Å². The lowest BCUT2D eigenvalue weighted by Gasteiger charge is -2.04. The van der Waals surface area contributed by atoms with Crippen molar-refractivity contribution in [1.82, 2.24) is 0 Å². The molecule has 2 aliphatic rings. The van der Waals surface area contributed by atoms with E-state index in [1.165, 1.54) is 11.6 Å². The average molecular weight is 327 g/mol. The highest BCUT2D eigenvalue weighted by Crippen LogP contribution is 2.37. The molecule has 2 rings (SSSR count). The standard InChI is InChI=1S/C19H21NO2S/c1-12(2)15-7-6-13(3)19-16(8-14(4)18(19)10-15)9-17(11-20)23(5,21)22/h6-10,12H,1-5H3. The highest BCUT2D eigenvalue weighted by molar-refractivity contribution is 7.95. The van der Waals surface area contributed by atoms with E-state index in [1.807, 2.05) is 19.9 Å². The van der Waals surface area contributed by atoms with E-state index >= 15 is 0 Å². The number of aryl methyl sites for hydroxylation is 2. The van der Waals surface area contributed by atoms with Crippen LogP contribution in [0.4, 0.5) is 0 Å². The van der Waals surface area contributed by atoms with E-state index < -0.39 is 9.84 Å². The quantitative estimate of drug-likeness (QED) is 0.783. The molecule has 0 aromatic rings. The van der Waals surface area contributed by atoms with Gasteiger partial charge in [-0.2, -0.15) is 5.26 Å². The van der Waals surface area contributed by atoms with Gasteiger partial charge < -0.3 is 0 Å². The van der Waals surface area contributed by atoms with Gasteiger partial charge in [-0.15, -0.1) is 0 Å². The van der Waals surface area contributed by atoms with Gasteiger partial charge in [0.05, 0.1) is 0 Å². The summed E-state index contributed by atoms with van der Waals surface area (Å²) in [4.78, 5) is -0.209. The molecule has 0 aromatic carbocycles. The minimum Gasteiger partial charge on any atom is -0.223 e. The van der Waals surface area contributed by atoms with Gasteiger partial charge in [0.25, 0.3) is 0 Å². The molecule has 0 amide bonds. The molecule has 3 nitrogen and oxygen atoms in total. The predicted molar refractivity (Wildman–Crippen MR) is 95.1 cm³/mol. The van der Waals surface area contributed by atoms with Gasteiger partial charge in [0.1, 0.15) is 11.0 Å². The Hall–Kier alpha value is -2.12. The van der Waals surface area contributed by atoms with Crippen molar-refractivity contribution in [2.45, 2.75) is 33.6 Å². The van der Waals surface area contributed by atoms with Crippen molar-refractivity contribution in [2.75, 3.05) is 6.26 Å². The number of sulfone groups is 1. The van der Waals surface area contributed by atoms with E-state index in [0.29, 0.717) is 5.92 Å². The van der Waals surface area contributed by atoms with Crippen LogP contribution in [0.5, 0.6) is 0 Å². The summed E-state index contributed by atoms with van der Waals surface area (Å²) in [6.07, 6.45) is 2.54. The van der Waals surface area contributed by atoms with E-state index in [4.69, 9.17) is 5.26 Å². The van der Waals surface area contributed by atoms with Crippen LogP contribution in [-0.4, -0.2) is 14.7 Å². The lowest BCUT2D eigenvalue weighted by atomic mass is 10.0. The number of nitriles is 1. The van der Waals surface area contributed by atoms with Crippen molar-refractivity contribution in [3.63, 3.8) is 0 Å². The molecule has 120 valence electrons. The van der Waals surface area contributed by atoms with Gasteiger partial charge in [0.2, 0.25) is 0 Å². The van der Waals surface area contributed by atoms with E-state index in [9.17, 15) is 8.42 Å². The summed E-state index contributed by atoms with van der Waals surface area (Å²) < 4.78 is 23.4. The second kappa shape index (κ2) is 6.17. The molecule has 0 heterocycles. The van der Waals surface area contributed by atoms with Crippen molar-refractivity contribution in [3.8, 4) is 17.2 Å². The van der Waals surface area contributed by atoms with Crippen molar-refractivity contribution in [3.05, 3.63) is 51.4 Å². The maximum atomic E-state index is 11.7. The third-order valence-electron chi connectivity index (χ3n) is 4.05. The van der Waals surface area contributed by atoms with E-state index in [2.05, 4.69) is 32.0 Å². The van der Waals surface area contributed by atoms with Crippen LogP contribution in [0.1, 0.15) is 42.0 Å². The highest BCUT2D eigenvalue weighted by atomic mass is 32.2. The van der Waals surface area contributed by atoms with Gasteiger partial charge in [-0.1, -0.05) is 38.1 Å². The summed E-state index contributed by atoms with van der Waals surface area (Å²) in [5, 5.41) is 9.14. The number of rotatable bonds is 3. The first-order chi connectivity index (χ1) is 10.6. The fraction of sp³-hybridized carbons (Fsp3) is 0.316. The van der Waals surface area contributed by atoms with E-state index in [1.54, 1.807) is 6.07 Å². The lowest BCUT2D eigenvalue weighted by Crippen LogP contribution is -1.98. The molecule has 4 heteroatoms. The van der Waals surface area contributed by atoms with Crippen molar-refractivity contribution >= 4 is 15.9 Å². The smallest absolute Gasteiger partial charge is 0.185 e. The Balaban J connectivity index is 2.78. The van der Waals surface area contributed by atoms with E-state index in [0.717, 1.165) is 34.1 Å². The van der Waals surface area contributed by atoms with Gasteiger partial charge in [-0.25, -0.2) is 8.42 Å². The second-order valence-corrected chi connectivity index (χ2v) is 8.26. The monoisotopic (exact) mass is 327 g/mol. The summed E-state index contributed by atoms with van der Waals surface area (Å²) in [6.45, 7) is 8.31.